The quantitative estimate of drug-likeness (QED) is 0.835. The summed E-state index contributed by atoms with van der Waals surface area (Å²) >= 11 is 0. The van der Waals surface area contributed by atoms with Gasteiger partial charge in [-0.3, -0.25) is 0 Å². The van der Waals surface area contributed by atoms with Crippen molar-refractivity contribution in [1.82, 2.24) is 9.97 Å². The highest BCUT2D eigenvalue weighted by Gasteiger charge is 2.09. The van der Waals surface area contributed by atoms with Crippen LogP contribution in [0, 0.1) is 12.7 Å². The molecule has 2 N–H and O–H groups in total. The molecule has 0 saturated heterocycles. The summed E-state index contributed by atoms with van der Waals surface area (Å²) < 4.78 is 13.0. The van der Waals surface area contributed by atoms with E-state index in [0.717, 1.165) is 0 Å². The Kier molecular flexibility index (Phi) is 2.91. The molecule has 0 unspecified atom stereocenters. The fourth-order valence-electron chi connectivity index (χ4n) is 1.55. The summed E-state index contributed by atoms with van der Waals surface area (Å²) in [5.41, 5.74) is 1.38. The zero-order valence-corrected chi connectivity index (χ0v) is 9.53. The first-order valence-electron chi connectivity index (χ1n) is 5.12. The summed E-state index contributed by atoms with van der Waals surface area (Å²) in [5, 5.41) is 12.3. The lowest BCUT2D eigenvalue weighted by atomic mass is 10.1. The Morgan fingerprint density at radius 1 is 1.35 bits per heavy atom. The van der Waals surface area contributed by atoms with Crippen molar-refractivity contribution in [3.8, 4) is 16.9 Å². The van der Waals surface area contributed by atoms with Crippen LogP contribution in [0.4, 0.5) is 10.2 Å². The molecule has 2 aromatic rings. The van der Waals surface area contributed by atoms with Gasteiger partial charge in [-0.15, -0.1) is 0 Å². The van der Waals surface area contributed by atoms with Gasteiger partial charge in [0.1, 0.15) is 11.6 Å². The Hall–Kier alpha value is -2.17. The van der Waals surface area contributed by atoms with Crippen LogP contribution in [0.3, 0.4) is 0 Å². The van der Waals surface area contributed by atoms with E-state index in [0.29, 0.717) is 22.8 Å². The van der Waals surface area contributed by atoms with Crippen LogP contribution < -0.4 is 5.32 Å². The number of nitrogens with zero attached hydrogens (tertiary/aromatic N) is 2. The maximum Gasteiger partial charge on any atom is 0.164 e. The molecule has 0 spiro atoms. The van der Waals surface area contributed by atoms with E-state index in [1.807, 2.05) is 0 Å². The molecule has 1 heterocycles. The number of rotatable bonds is 2. The number of benzene rings is 1. The highest BCUT2D eigenvalue weighted by molar-refractivity contribution is 5.75. The normalized spacial score (nSPS) is 10.3. The molecule has 0 aliphatic heterocycles. The van der Waals surface area contributed by atoms with Crippen LogP contribution in [0.5, 0.6) is 5.75 Å². The van der Waals surface area contributed by atoms with E-state index in [1.165, 1.54) is 12.1 Å². The lowest BCUT2D eigenvalue weighted by Gasteiger charge is -2.09. The van der Waals surface area contributed by atoms with Crippen molar-refractivity contribution in [2.24, 2.45) is 0 Å². The van der Waals surface area contributed by atoms with Crippen LogP contribution in [0.2, 0.25) is 0 Å². The first-order chi connectivity index (χ1) is 8.11. The average molecular weight is 233 g/mol. The second-order valence-corrected chi connectivity index (χ2v) is 3.60. The molecule has 1 aromatic heterocycles. The molecule has 4 nitrogen and oxygen atoms in total. The van der Waals surface area contributed by atoms with Gasteiger partial charge >= 0.3 is 0 Å². The van der Waals surface area contributed by atoms with Gasteiger partial charge in [0.05, 0.1) is 0 Å². The summed E-state index contributed by atoms with van der Waals surface area (Å²) in [7, 11) is 1.74. The number of nitrogens with one attached hydrogen (secondary N) is 1. The Morgan fingerprint density at radius 2 is 2.12 bits per heavy atom. The largest absolute Gasteiger partial charge is 0.505 e. The Labute approximate surface area is 98.2 Å². The van der Waals surface area contributed by atoms with E-state index in [1.54, 1.807) is 26.2 Å². The van der Waals surface area contributed by atoms with E-state index in [4.69, 9.17) is 0 Å². The zero-order valence-electron chi connectivity index (χ0n) is 9.53. The molecule has 0 atom stereocenters. The number of halogens is 1. The molecule has 0 fully saturated rings. The van der Waals surface area contributed by atoms with Crippen molar-refractivity contribution in [1.29, 1.82) is 0 Å². The third kappa shape index (κ3) is 2.18. The second-order valence-electron chi connectivity index (χ2n) is 3.60. The van der Waals surface area contributed by atoms with Crippen LogP contribution >= 0.6 is 0 Å². The van der Waals surface area contributed by atoms with Crippen LogP contribution in [0.1, 0.15) is 5.82 Å². The molecule has 0 aliphatic rings. The number of aromatic hydroxyl groups is 1. The van der Waals surface area contributed by atoms with Gasteiger partial charge < -0.3 is 10.4 Å². The lowest BCUT2D eigenvalue weighted by Crippen LogP contribution is -1.99. The fourth-order valence-corrected chi connectivity index (χ4v) is 1.55. The molecule has 0 bridgehead atoms. The molecule has 0 amide bonds. The third-order valence-electron chi connectivity index (χ3n) is 2.40. The minimum Gasteiger partial charge on any atom is -0.505 e. The smallest absolute Gasteiger partial charge is 0.164 e. The van der Waals surface area contributed by atoms with E-state index >= 15 is 0 Å². The molecule has 17 heavy (non-hydrogen) atoms. The van der Waals surface area contributed by atoms with Gasteiger partial charge in [-0.25, -0.2) is 14.4 Å². The highest BCUT2D eigenvalue weighted by atomic mass is 19.1. The number of hydrogen-bond donors (Lipinski definition) is 2. The number of hydrogen-bond acceptors (Lipinski definition) is 4. The lowest BCUT2D eigenvalue weighted by molar-refractivity contribution is 0.433. The highest BCUT2D eigenvalue weighted by Crippen LogP contribution is 2.29. The Bertz CT molecular complexity index is 557. The Morgan fingerprint density at radius 3 is 2.76 bits per heavy atom. The van der Waals surface area contributed by atoms with E-state index in [-0.39, 0.29) is 5.75 Å². The van der Waals surface area contributed by atoms with Gasteiger partial charge in [-0.2, -0.15) is 0 Å². The standard InChI is InChI=1S/C12H12FN3O/c1-7-15-6-9(12(14-2)16-7)8-3-4-10(13)11(17)5-8/h3-6,17H,1-2H3,(H,14,15,16). The van der Waals surface area contributed by atoms with E-state index in [2.05, 4.69) is 15.3 Å². The number of aryl methyl sites for hydroxylation is 1. The van der Waals surface area contributed by atoms with E-state index < -0.39 is 5.82 Å². The minimum absolute atomic E-state index is 0.384. The summed E-state index contributed by atoms with van der Waals surface area (Å²) in [5.74, 6) is 0.255. The van der Waals surface area contributed by atoms with Crippen molar-refractivity contribution in [2.75, 3.05) is 12.4 Å². The number of phenolic OH excluding ortho intramolecular Hbond substituents is 1. The van der Waals surface area contributed by atoms with Gasteiger partial charge in [0, 0.05) is 18.8 Å². The average Bonchev–Trinajstić information content (AvgIpc) is 2.32. The van der Waals surface area contributed by atoms with Crippen LogP contribution in [0.15, 0.2) is 24.4 Å². The summed E-state index contributed by atoms with van der Waals surface area (Å²) in [4.78, 5) is 8.31. The van der Waals surface area contributed by atoms with E-state index in [9.17, 15) is 9.50 Å². The van der Waals surface area contributed by atoms with Gasteiger partial charge in [-0.05, 0) is 24.6 Å². The van der Waals surface area contributed by atoms with Crippen molar-refractivity contribution < 1.29 is 9.50 Å². The SMILES string of the molecule is CNc1nc(C)ncc1-c1ccc(F)c(O)c1. The van der Waals surface area contributed by atoms with Crippen LogP contribution in [0.25, 0.3) is 11.1 Å². The van der Waals surface area contributed by atoms with Crippen molar-refractivity contribution in [3.05, 3.63) is 36.0 Å². The molecule has 0 aliphatic carbocycles. The topological polar surface area (TPSA) is 58.0 Å². The predicted molar refractivity (Wildman–Crippen MR) is 63.4 cm³/mol. The number of aromatic nitrogens is 2. The monoisotopic (exact) mass is 233 g/mol. The number of anilines is 1. The fraction of sp³-hybridized carbons (Fsp3) is 0.167. The van der Waals surface area contributed by atoms with Crippen LogP contribution in [-0.4, -0.2) is 22.1 Å². The first kappa shape index (κ1) is 11.3. The maximum absolute atomic E-state index is 13.0. The summed E-state index contributed by atoms with van der Waals surface area (Å²) in [6.07, 6.45) is 1.64. The molecule has 0 radical (unpaired) electrons. The Balaban J connectivity index is 2.55. The van der Waals surface area contributed by atoms with Crippen LogP contribution in [-0.2, 0) is 0 Å². The molecule has 5 heteroatoms. The van der Waals surface area contributed by atoms with Crippen molar-refractivity contribution >= 4 is 5.82 Å². The van der Waals surface area contributed by atoms with Gasteiger partial charge in [-0.1, -0.05) is 6.07 Å². The van der Waals surface area contributed by atoms with Gasteiger partial charge in [0.15, 0.2) is 11.6 Å². The summed E-state index contributed by atoms with van der Waals surface area (Å²) in [6, 6.07) is 4.14. The van der Waals surface area contributed by atoms with Gasteiger partial charge in [0.2, 0.25) is 0 Å². The summed E-state index contributed by atoms with van der Waals surface area (Å²) in [6.45, 7) is 1.78. The molecule has 88 valence electrons. The molecular weight excluding hydrogens is 221 g/mol. The zero-order chi connectivity index (χ0) is 12.4. The third-order valence-corrected chi connectivity index (χ3v) is 2.40. The molecule has 0 saturated carbocycles. The molecule has 1 aromatic carbocycles. The first-order valence-corrected chi connectivity index (χ1v) is 5.12. The second kappa shape index (κ2) is 4.37. The minimum atomic E-state index is -0.646. The van der Waals surface area contributed by atoms with Crippen molar-refractivity contribution in [2.45, 2.75) is 6.92 Å². The maximum atomic E-state index is 13.0. The number of phenols is 1. The predicted octanol–water partition coefficient (Wildman–Crippen LogP) is 2.34. The molecular formula is C12H12FN3O. The van der Waals surface area contributed by atoms with Gasteiger partial charge in [0.25, 0.3) is 0 Å². The van der Waals surface area contributed by atoms with Crippen molar-refractivity contribution in [3.63, 3.8) is 0 Å². The molecule has 2 rings (SSSR count).